The van der Waals surface area contributed by atoms with E-state index in [4.69, 9.17) is 19.9 Å². The third kappa shape index (κ3) is 3.45. The van der Waals surface area contributed by atoms with Crippen LogP contribution >= 0.6 is 0 Å². The SMILES string of the molecule is COc1c(C)c2c(c(O)c1C/C=C(\C)CC(C)(C#N)NO)C(=O)OC2. The number of fused-ring (bicyclic) bond motifs is 1. The van der Waals surface area contributed by atoms with E-state index in [0.29, 0.717) is 29.7 Å². The molecule has 1 heterocycles. The highest BCUT2D eigenvalue weighted by Crippen LogP contribution is 2.42. The van der Waals surface area contributed by atoms with E-state index < -0.39 is 11.5 Å². The summed E-state index contributed by atoms with van der Waals surface area (Å²) in [7, 11) is 1.51. The fraction of sp³-hybridized carbons (Fsp3) is 0.444. The van der Waals surface area contributed by atoms with Gasteiger partial charge in [-0.05, 0) is 32.8 Å². The van der Waals surface area contributed by atoms with Crippen molar-refractivity contribution in [1.29, 1.82) is 5.26 Å². The van der Waals surface area contributed by atoms with E-state index in [9.17, 15) is 9.90 Å². The standard InChI is InChI=1S/C18H22N2O5/c1-10(7-18(3,9-19)20-23)5-6-12-15(21)14-13(8-25-17(14)22)11(2)16(12)24-4/h5,20-21,23H,6-8H2,1-4H3/b10-5+. The first-order valence-electron chi connectivity index (χ1n) is 7.84. The van der Waals surface area contributed by atoms with Crippen molar-refractivity contribution in [3.8, 4) is 17.6 Å². The third-order valence-corrected chi connectivity index (χ3v) is 4.43. The number of phenolic OH excluding ortho intramolecular Hbond substituents is 1. The van der Waals surface area contributed by atoms with E-state index in [2.05, 4.69) is 0 Å². The Labute approximate surface area is 146 Å². The highest BCUT2D eigenvalue weighted by molar-refractivity contribution is 5.98. The zero-order valence-electron chi connectivity index (χ0n) is 14.8. The van der Waals surface area contributed by atoms with Crippen LogP contribution in [0.4, 0.5) is 0 Å². The summed E-state index contributed by atoms with van der Waals surface area (Å²) in [5, 5.41) is 28.8. The number of nitrogens with one attached hydrogen (secondary N) is 1. The van der Waals surface area contributed by atoms with Gasteiger partial charge in [0.15, 0.2) is 0 Å². The van der Waals surface area contributed by atoms with Crippen molar-refractivity contribution in [1.82, 2.24) is 5.48 Å². The van der Waals surface area contributed by atoms with Gasteiger partial charge in [-0.3, -0.25) is 0 Å². The second kappa shape index (κ2) is 7.13. The van der Waals surface area contributed by atoms with Crippen molar-refractivity contribution in [3.05, 3.63) is 33.9 Å². The van der Waals surface area contributed by atoms with Crippen molar-refractivity contribution < 1.29 is 24.6 Å². The highest BCUT2D eigenvalue weighted by atomic mass is 16.5. The van der Waals surface area contributed by atoms with Crippen LogP contribution in [-0.4, -0.2) is 28.9 Å². The van der Waals surface area contributed by atoms with Crippen molar-refractivity contribution in [2.24, 2.45) is 0 Å². The van der Waals surface area contributed by atoms with Crippen LogP contribution < -0.4 is 10.2 Å². The number of hydrogen-bond acceptors (Lipinski definition) is 7. The fourth-order valence-electron chi connectivity index (χ4n) is 3.04. The molecule has 3 N–H and O–H groups in total. The van der Waals surface area contributed by atoms with Gasteiger partial charge in [-0.15, -0.1) is 0 Å². The molecule has 0 radical (unpaired) electrons. The minimum atomic E-state index is -1.09. The zero-order chi connectivity index (χ0) is 18.8. The Kier molecular flexibility index (Phi) is 5.36. The number of carbonyl (C=O) groups excluding carboxylic acids is 1. The maximum atomic E-state index is 11.9. The summed E-state index contributed by atoms with van der Waals surface area (Å²) in [6, 6.07) is 2.00. The molecular formula is C18H22N2O5. The molecule has 0 bridgehead atoms. The van der Waals surface area contributed by atoms with Crippen LogP contribution in [0.1, 0.15) is 47.3 Å². The smallest absolute Gasteiger partial charge is 0.342 e. The molecule has 1 aromatic rings. The largest absolute Gasteiger partial charge is 0.507 e. The first-order chi connectivity index (χ1) is 11.8. The van der Waals surface area contributed by atoms with Crippen molar-refractivity contribution in [2.45, 2.75) is 45.8 Å². The molecule has 0 aromatic heterocycles. The number of rotatable bonds is 6. The number of phenols is 1. The number of carbonyl (C=O) groups is 1. The number of esters is 1. The van der Waals surface area contributed by atoms with E-state index in [1.54, 1.807) is 6.92 Å². The lowest BCUT2D eigenvalue weighted by Crippen LogP contribution is -2.38. The van der Waals surface area contributed by atoms with E-state index in [1.165, 1.54) is 7.11 Å². The van der Waals surface area contributed by atoms with Gasteiger partial charge in [0.2, 0.25) is 0 Å². The molecule has 0 aliphatic carbocycles. The number of nitrogens with zero attached hydrogens (tertiary/aromatic N) is 1. The average Bonchev–Trinajstić information content (AvgIpc) is 2.98. The van der Waals surface area contributed by atoms with Gasteiger partial charge in [0.1, 0.15) is 29.2 Å². The monoisotopic (exact) mass is 346 g/mol. The Balaban J connectivity index is 2.39. The number of aromatic hydroxyl groups is 1. The van der Waals surface area contributed by atoms with Gasteiger partial charge < -0.3 is 19.8 Å². The lowest BCUT2D eigenvalue weighted by molar-refractivity contribution is 0.0533. The van der Waals surface area contributed by atoms with Gasteiger partial charge >= 0.3 is 5.97 Å². The molecule has 2 rings (SSSR count). The van der Waals surface area contributed by atoms with Gasteiger partial charge in [-0.1, -0.05) is 11.6 Å². The first-order valence-corrected chi connectivity index (χ1v) is 7.84. The molecule has 0 amide bonds. The third-order valence-electron chi connectivity index (χ3n) is 4.43. The average molecular weight is 346 g/mol. The van der Waals surface area contributed by atoms with E-state index in [1.807, 2.05) is 31.5 Å². The molecule has 0 saturated carbocycles. The normalized spacial score (nSPS) is 16.0. The number of nitriles is 1. The van der Waals surface area contributed by atoms with E-state index >= 15 is 0 Å². The van der Waals surface area contributed by atoms with Gasteiger partial charge in [-0.2, -0.15) is 10.7 Å². The zero-order valence-corrected chi connectivity index (χ0v) is 14.8. The molecule has 1 aliphatic heterocycles. The van der Waals surface area contributed by atoms with Crippen LogP contribution in [0.15, 0.2) is 11.6 Å². The summed E-state index contributed by atoms with van der Waals surface area (Å²) in [5.74, 6) is -0.156. The molecule has 1 aliphatic rings. The fourth-order valence-corrected chi connectivity index (χ4v) is 3.04. The molecule has 0 fully saturated rings. The Morgan fingerprint density at radius 3 is 2.80 bits per heavy atom. The molecule has 0 saturated heterocycles. The maximum Gasteiger partial charge on any atom is 0.342 e. The molecular weight excluding hydrogens is 324 g/mol. The van der Waals surface area contributed by atoms with Gasteiger partial charge in [0.05, 0.1) is 13.2 Å². The predicted molar refractivity (Wildman–Crippen MR) is 89.5 cm³/mol. The van der Waals surface area contributed by atoms with Crippen LogP contribution in [0.25, 0.3) is 0 Å². The predicted octanol–water partition coefficient (Wildman–Crippen LogP) is 2.52. The molecule has 1 unspecified atom stereocenters. The quantitative estimate of drug-likeness (QED) is 0.412. The Morgan fingerprint density at radius 1 is 1.56 bits per heavy atom. The highest BCUT2D eigenvalue weighted by Gasteiger charge is 2.32. The first kappa shape index (κ1) is 18.8. The number of methoxy groups -OCH3 is 1. The topological polar surface area (TPSA) is 112 Å². The summed E-state index contributed by atoms with van der Waals surface area (Å²) in [6.45, 7) is 5.35. The summed E-state index contributed by atoms with van der Waals surface area (Å²) in [6.07, 6.45) is 2.45. The number of benzene rings is 1. The lowest BCUT2D eigenvalue weighted by atomic mass is 9.92. The van der Waals surface area contributed by atoms with Crippen LogP contribution in [0, 0.1) is 18.3 Å². The van der Waals surface area contributed by atoms with Crippen molar-refractivity contribution >= 4 is 5.97 Å². The van der Waals surface area contributed by atoms with Gasteiger partial charge in [-0.25, -0.2) is 4.79 Å². The number of cyclic esters (lactones) is 1. The second-order valence-electron chi connectivity index (χ2n) is 6.40. The molecule has 0 spiro atoms. The molecule has 25 heavy (non-hydrogen) atoms. The molecule has 7 heteroatoms. The lowest BCUT2D eigenvalue weighted by Gasteiger charge is -2.20. The minimum absolute atomic E-state index is 0.127. The van der Waals surface area contributed by atoms with E-state index in [0.717, 1.165) is 11.1 Å². The second-order valence-corrected chi connectivity index (χ2v) is 6.40. The Hall–Kier alpha value is -2.56. The minimum Gasteiger partial charge on any atom is -0.507 e. The Bertz CT molecular complexity index is 779. The van der Waals surface area contributed by atoms with Crippen molar-refractivity contribution in [3.63, 3.8) is 0 Å². The van der Waals surface area contributed by atoms with Crippen molar-refractivity contribution in [2.75, 3.05) is 7.11 Å². The molecule has 7 nitrogen and oxygen atoms in total. The maximum absolute atomic E-state index is 11.9. The summed E-state index contributed by atoms with van der Waals surface area (Å²) in [5.41, 5.74) is 3.85. The van der Waals surface area contributed by atoms with Gasteiger partial charge in [0, 0.05) is 17.5 Å². The molecule has 134 valence electrons. The number of allylic oxidation sites excluding steroid dienone is 1. The van der Waals surface area contributed by atoms with Crippen LogP contribution in [0.3, 0.4) is 0 Å². The molecule has 1 atom stereocenters. The number of ether oxygens (including phenoxy) is 2. The van der Waals surface area contributed by atoms with Crippen LogP contribution in [0.2, 0.25) is 0 Å². The Morgan fingerprint density at radius 2 is 2.24 bits per heavy atom. The summed E-state index contributed by atoms with van der Waals surface area (Å²) in [4.78, 5) is 11.9. The summed E-state index contributed by atoms with van der Waals surface area (Å²) < 4.78 is 10.5. The molecule has 1 aromatic carbocycles. The number of hydrogen-bond donors (Lipinski definition) is 3. The van der Waals surface area contributed by atoms with Crippen LogP contribution in [-0.2, 0) is 17.8 Å². The van der Waals surface area contributed by atoms with E-state index in [-0.39, 0.29) is 17.9 Å². The summed E-state index contributed by atoms with van der Waals surface area (Å²) >= 11 is 0. The van der Waals surface area contributed by atoms with Gasteiger partial charge in [0.25, 0.3) is 0 Å². The number of hydroxylamine groups is 1. The van der Waals surface area contributed by atoms with Crippen LogP contribution in [0.5, 0.6) is 11.5 Å².